The maximum Gasteiger partial charge on any atom is 0.225 e. The Kier molecular flexibility index (Phi) is 5.89. The third-order valence-corrected chi connectivity index (χ3v) is 4.01. The molecule has 0 bridgehead atoms. The molecule has 21 heavy (non-hydrogen) atoms. The topological polar surface area (TPSA) is 63.1 Å². The number of aromatic nitrogens is 3. The summed E-state index contributed by atoms with van der Waals surface area (Å²) in [6, 6.07) is 0. The molecule has 2 heterocycles. The Bertz CT molecular complexity index is 551. The summed E-state index contributed by atoms with van der Waals surface area (Å²) in [7, 11) is 0. The van der Waals surface area contributed by atoms with E-state index in [1.165, 1.54) is 11.3 Å². The summed E-state index contributed by atoms with van der Waals surface area (Å²) in [5.41, 5.74) is 0.984. The summed E-state index contributed by atoms with van der Waals surface area (Å²) in [6.45, 7) is 6.80. The number of aryl methyl sites for hydroxylation is 1. The summed E-state index contributed by atoms with van der Waals surface area (Å²) in [5.74, 6) is 0.0340. The first kappa shape index (κ1) is 15.7. The molecule has 0 saturated heterocycles. The van der Waals surface area contributed by atoms with E-state index >= 15 is 0 Å². The van der Waals surface area contributed by atoms with E-state index in [9.17, 15) is 4.79 Å². The SMILES string of the molecule is CCN(C(C)=O)c1nc(CNCCCn2ccnc2)cs1. The Hall–Kier alpha value is -1.73. The van der Waals surface area contributed by atoms with E-state index in [-0.39, 0.29) is 5.91 Å². The van der Waals surface area contributed by atoms with Crippen molar-refractivity contribution in [2.75, 3.05) is 18.0 Å². The van der Waals surface area contributed by atoms with Crippen LogP contribution in [0, 0.1) is 0 Å². The van der Waals surface area contributed by atoms with Gasteiger partial charge >= 0.3 is 0 Å². The van der Waals surface area contributed by atoms with Crippen molar-refractivity contribution in [2.24, 2.45) is 0 Å². The molecule has 7 heteroatoms. The predicted molar refractivity (Wildman–Crippen MR) is 84.4 cm³/mol. The highest BCUT2D eigenvalue weighted by Gasteiger charge is 2.12. The van der Waals surface area contributed by atoms with Crippen molar-refractivity contribution in [3.05, 3.63) is 29.8 Å². The van der Waals surface area contributed by atoms with Crippen LogP contribution < -0.4 is 10.2 Å². The van der Waals surface area contributed by atoms with Crippen LogP contribution in [0.3, 0.4) is 0 Å². The molecule has 0 radical (unpaired) electrons. The van der Waals surface area contributed by atoms with Crippen molar-refractivity contribution in [3.63, 3.8) is 0 Å². The van der Waals surface area contributed by atoms with Crippen LogP contribution in [-0.4, -0.2) is 33.5 Å². The molecule has 0 atom stereocenters. The van der Waals surface area contributed by atoms with Gasteiger partial charge in [-0.3, -0.25) is 9.69 Å². The van der Waals surface area contributed by atoms with Crippen LogP contribution in [0.5, 0.6) is 0 Å². The number of carbonyl (C=O) groups is 1. The maximum absolute atomic E-state index is 11.5. The molecule has 0 aromatic carbocycles. The van der Waals surface area contributed by atoms with Gasteiger partial charge < -0.3 is 9.88 Å². The van der Waals surface area contributed by atoms with Gasteiger partial charge in [0.1, 0.15) is 0 Å². The zero-order valence-electron chi connectivity index (χ0n) is 12.5. The Morgan fingerprint density at radius 3 is 3.05 bits per heavy atom. The molecule has 0 fully saturated rings. The van der Waals surface area contributed by atoms with Crippen molar-refractivity contribution in [2.45, 2.75) is 33.4 Å². The number of hydrogen-bond donors (Lipinski definition) is 1. The molecular formula is C14H21N5OS. The standard InChI is InChI=1S/C14H21N5OS/c1-3-19(12(2)20)14-17-13(10-21-14)9-15-5-4-7-18-8-6-16-11-18/h6,8,10-11,15H,3-5,7,9H2,1-2H3. The van der Waals surface area contributed by atoms with Gasteiger partial charge in [-0.05, 0) is 19.9 Å². The fraction of sp³-hybridized carbons (Fsp3) is 0.500. The van der Waals surface area contributed by atoms with Gasteiger partial charge in [0.25, 0.3) is 0 Å². The summed E-state index contributed by atoms with van der Waals surface area (Å²) < 4.78 is 2.06. The third kappa shape index (κ3) is 4.64. The minimum atomic E-state index is 0.0340. The fourth-order valence-corrected chi connectivity index (χ4v) is 2.95. The molecule has 1 amide bonds. The highest BCUT2D eigenvalue weighted by atomic mass is 32.1. The number of rotatable bonds is 8. The number of anilines is 1. The highest BCUT2D eigenvalue weighted by Crippen LogP contribution is 2.20. The average molecular weight is 307 g/mol. The van der Waals surface area contributed by atoms with Crippen molar-refractivity contribution in [1.29, 1.82) is 0 Å². The molecule has 0 aliphatic rings. The van der Waals surface area contributed by atoms with Crippen LogP contribution in [0.2, 0.25) is 0 Å². The van der Waals surface area contributed by atoms with Crippen LogP contribution in [0.25, 0.3) is 0 Å². The van der Waals surface area contributed by atoms with E-state index in [0.29, 0.717) is 6.54 Å². The molecule has 2 aromatic heterocycles. The lowest BCUT2D eigenvalue weighted by Crippen LogP contribution is -2.27. The zero-order valence-corrected chi connectivity index (χ0v) is 13.3. The molecule has 0 aliphatic heterocycles. The molecule has 0 aliphatic carbocycles. The second kappa shape index (κ2) is 7.90. The van der Waals surface area contributed by atoms with Crippen LogP contribution >= 0.6 is 11.3 Å². The number of amides is 1. The van der Waals surface area contributed by atoms with Gasteiger partial charge in [-0.1, -0.05) is 0 Å². The van der Waals surface area contributed by atoms with E-state index in [2.05, 4.69) is 19.9 Å². The van der Waals surface area contributed by atoms with Crippen molar-refractivity contribution >= 4 is 22.4 Å². The van der Waals surface area contributed by atoms with Crippen LogP contribution in [0.4, 0.5) is 5.13 Å². The van der Waals surface area contributed by atoms with Gasteiger partial charge in [0.2, 0.25) is 5.91 Å². The molecule has 0 spiro atoms. The van der Waals surface area contributed by atoms with Crippen LogP contribution in [0.1, 0.15) is 26.0 Å². The summed E-state index contributed by atoms with van der Waals surface area (Å²) in [6.07, 6.45) is 6.63. The number of imidazole rings is 1. The molecule has 1 N–H and O–H groups in total. The van der Waals surface area contributed by atoms with Crippen molar-refractivity contribution in [1.82, 2.24) is 19.9 Å². The first-order chi connectivity index (χ1) is 10.2. The van der Waals surface area contributed by atoms with Gasteiger partial charge in [0.05, 0.1) is 12.0 Å². The summed E-state index contributed by atoms with van der Waals surface area (Å²) >= 11 is 1.51. The second-order valence-electron chi connectivity index (χ2n) is 4.72. The number of carbonyl (C=O) groups excluding carboxylic acids is 1. The lowest BCUT2D eigenvalue weighted by atomic mass is 10.4. The summed E-state index contributed by atoms with van der Waals surface area (Å²) in [5, 5.41) is 6.15. The minimum absolute atomic E-state index is 0.0340. The average Bonchev–Trinajstić information content (AvgIpc) is 3.11. The fourth-order valence-electron chi connectivity index (χ4n) is 2.02. The first-order valence-electron chi connectivity index (χ1n) is 7.09. The Balaban J connectivity index is 1.71. The van der Waals surface area contributed by atoms with E-state index in [0.717, 1.165) is 36.9 Å². The second-order valence-corrected chi connectivity index (χ2v) is 5.55. The highest BCUT2D eigenvalue weighted by molar-refractivity contribution is 7.14. The molecule has 6 nitrogen and oxygen atoms in total. The monoisotopic (exact) mass is 307 g/mol. The van der Waals surface area contributed by atoms with Gasteiger partial charge in [-0.2, -0.15) is 0 Å². The van der Waals surface area contributed by atoms with Gasteiger partial charge in [-0.25, -0.2) is 9.97 Å². The molecule has 0 saturated carbocycles. The van der Waals surface area contributed by atoms with Crippen LogP contribution in [-0.2, 0) is 17.9 Å². The van der Waals surface area contributed by atoms with Crippen molar-refractivity contribution < 1.29 is 4.79 Å². The molecule has 0 unspecified atom stereocenters. The smallest absolute Gasteiger partial charge is 0.225 e. The minimum Gasteiger partial charge on any atom is -0.337 e. The normalized spacial score (nSPS) is 10.8. The number of nitrogens with one attached hydrogen (secondary N) is 1. The zero-order chi connectivity index (χ0) is 15.1. The lowest BCUT2D eigenvalue weighted by Gasteiger charge is -2.14. The van der Waals surface area contributed by atoms with Gasteiger partial charge in [0, 0.05) is 44.3 Å². The quantitative estimate of drug-likeness (QED) is 0.757. The van der Waals surface area contributed by atoms with E-state index in [4.69, 9.17) is 0 Å². The Morgan fingerprint density at radius 2 is 2.38 bits per heavy atom. The molecule has 2 aromatic rings. The van der Waals surface area contributed by atoms with Gasteiger partial charge in [0.15, 0.2) is 5.13 Å². The maximum atomic E-state index is 11.5. The first-order valence-corrected chi connectivity index (χ1v) is 7.97. The summed E-state index contributed by atoms with van der Waals surface area (Å²) in [4.78, 5) is 21.7. The van der Waals surface area contributed by atoms with E-state index < -0.39 is 0 Å². The third-order valence-electron chi connectivity index (χ3n) is 3.10. The largest absolute Gasteiger partial charge is 0.337 e. The number of hydrogen-bond acceptors (Lipinski definition) is 5. The van der Waals surface area contributed by atoms with Crippen LogP contribution in [0.15, 0.2) is 24.1 Å². The van der Waals surface area contributed by atoms with Crippen molar-refractivity contribution in [3.8, 4) is 0 Å². The molecule has 2 rings (SSSR count). The molecule has 114 valence electrons. The number of thiazole rings is 1. The molecular weight excluding hydrogens is 286 g/mol. The lowest BCUT2D eigenvalue weighted by molar-refractivity contribution is -0.116. The Morgan fingerprint density at radius 1 is 1.52 bits per heavy atom. The van der Waals surface area contributed by atoms with Gasteiger partial charge in [-0.15, -0.1) is 11.3 Å². The predicted octanol–water partition coefficient (Wildman–Crippen LogP) is 1.89. The van der Waals surface area contributed by atoms with E-state index in [1.807, 2.05) is 24.8 Å². The number of nitrogens with zero attached hydrogens (tertiary/aromatic N) is 4. The van der Waals surface area contributed by atoms with E-state index in [1.54, 1.807) is 18.0 Å². The Labute approximate surface area is 128 Å².